The first-order valence-corrected chi connectivity index (χ1v) is 8.59. The summed E-state index contributed by atoms with van der Waals surface area (Å²) < 4.78 is 18.9. The molecule has 0 N–H and O–H groups in total. The third-order valence-corrected chi connectivity index (χ3v) is 4.56. The number of aromatic nitrogens is 1. The molecule has 2 heterocycles. The fraction of sp³-hybridized carbons (Fsp3) is 0.474. The van der Waals surface area contributed by atoms with Crippen LogP contribution in [-0.2, 0) is 0 Å². The van der Waals surface area contributed by atoms with Crippen LogP contribution in [0.1, 0.15) is 73.3 Å². The Balaban J connectivity index is 1.90. The molecule has 2 aromatic rings. The number of halogens is 1. The van der Waals surface area contributed by atoms with Crippen molar-refractivity contribution in [3.05, 3.63) is 53.2 Å². The number of nitrogens with zero attached hydrogens (tertiary/aromatic N) is 2. The second-order valence-corrected chi connectivity index (χ2v) is 6.69. The van der Waals surface area contributed by atoms with Gasteiger partial charge in [0.2, 0.25) is 0 Å². The van der Waals surface area contributed by atoms with Gasteiger partial charge in [0.1, 0.15) is 11.6 Å². The summed E-state index contributed by atoms with van der Waals surface area (Å²) in [5, 5.41) is 3.95. The minimum Gasteiger partial charge on any atom is -0.360 e. The van der Waals surface area contributed by atoms with E-state index in [1.807, 2.05) is 24.8 Å². The van der Waals surface area contributed by atoms with E-state index in [1.54, 1.807) is 12.1 Å². The summed E-state index contributed by atoms with van der Waals surface area (Å²) in [5.74, 6) is 0.479. The highest BCUT2D eigenvalue weighted by atomic mass is 19.1. The summed E-state index contributed by atoms with van der Waals surface area (Å²) in [4.78, 5) is 14.8. The summed E-state index contributed by atoms with van der Waals surface area (Å²) in [6.07, 6.45) is 3.89. The van der Waals surface area contributed by atoms with Crippen molar-refractivity contribution in [2.45, 2.75) is 51.5 Å². The van der Waals surface area contributed by atoms with Crippen molar-refractivity contribution in [1.82, 2.24) is 10.1 Å². The van der Waals surface area contributed by atoms with Crippen molar-refractivity contribution in [2.75, 3.05) is 6.54 Å². The lowest BCUT2D eigenvalue weighted by Crippen LogP contribution is -2.35. The second-order valence-electron chi connectivity index (χ2n) is 6.69. The van der Waals surface area contributed by atoms with Crippen LogP contribution in [0, 0.1) is 5.82 Å². The fourth-order valence-electron chi connectivity index (χ4n) is 3.22. The van der Waals surface area contributed by atoms with Crippen LogP contribution in [0.4, 0.5) is 4.39 Å². The van der Waals surface area contributed by atoms with E-state index in [9.17, 15) is 9.18 Å². The number of hydrogen-bond acceptors (Lipinski definition) is 3. The Morgan fingerprint density at radius 1 is 1.29 bits per heavy atom. The zero-order chi connectivity index (χ0) is 17.1. The molecule has 1 aromatic carbocycles. The molecule has 24 heavy (non-hydrogen) atoms. The molecule has 0 aliphatic carbocycles. The van der Waals surface area contributed by atoms with E-state index in [1.165, 1.54) is 12.1 Å². The highest BCUT2D eigenvalue weighted by Gasteiger charge is 2.29. The number of rotatable bonds is 3. The first-order chi connectivity index (χ1) is 11.6. The molecular formula is C19H23FN2O2. The zero-order valence-electron chi connectivity index (χ0n) is 14.2. The standard InChI is InChI=1S/C19H23FN2O2/c1-13(2)18-12-16(21-24-18)19(23)22-10-5-3-4-9-17(22)14-7-6-8-15(20)11-14/h6-8,11-13,17H,3-5,9-10H2,1-2H3. The molecule has 1 aromatic heterocycles. The van der Waals surface area contributed by atoms with E-state index in [0.717, 1.165) is 31.2 Å². The van der Waals surface area contributed by atoms with Gasteiger partial charge in [-0.3, -0.25) is 4.79 Å². The van der Waals surface area contributed by atoms with Crippen LogP contribution in [0.25, 0.3) is 0 Å². The van der Waals surface area contributed by atoms with Gasteiger partial charge >= 0.3 is 0 Å². The maximum atomic E-state index is 13.6. The van der Waals surface area contributed by atoms with Gasteiger partial charge in [0.05, 0.1) is 6.04 Å². The molecule has 4 nitrogen and oxygen atoms in total. The van der Waals surface area contributed by atoms with Gasteiger partial charge in [-0.15, -0.1) is 0 Å². The molecule has 0 spiro atoms. The van der Waals surface area contributed by atoms with E-state index in [0.29, 0.717) is 18.0 Å². The summed E-state index contributed by atoms with van der Waals surface area (Å²) in [6.45, 7) is 4.65. The molecule has 0 radical (unpaired) electrons. The SMILES string of the molecule is CC(C)c1cc(C(=O)N2CCCCCC2c2cccc(F)c2)no1. The normalized spacial score (nSPS) is 18.7. The smallest absolute Gasteiger partial charge is 0.276 e. The molecular weight excluding hydrogens is 307 g/mol. The van der Waals surface area contributed by atoms with Gasteiger partial charge in [-0.25, -0.2) is 4.39 Å². The Hall–Kier alpha value is -2.17. The Labute approximate surface area is 141 Å². The lowest BCUT2D eigenvalue weighted by atomic mass is 10.0. The second kappa shape index (κ2) is 7.16. The van der Waals surface area contributed by atoms with E-state index in [2.05, 4.69) is 5.16 Å². The van der Waals surface area contributed by atoms with Gasteiger partial charge in [0.15, 0.2) is 5.69 Å². The van der Waals surface area contributed by atoms with Crippen molar-refractivity contribution in [1.29, 1.82) is 0 Å². The maximum Gasteiger partial charge on any atom is 0.276 e. The lowest BCUT2D eigenvalue weighted by molar-refractivity contribution is 0.0669. The Morgan fingerprint density at radius 3 is 2.83 bits per heavy atom. The first kappa shape index (κ1) is 16.7. The van der Waals surface area contributed by atoms with Crippen molar-refractivity contribution >= 4 is 5.91 Å². The first-order valence-electron chi connectivity index (χ1n) is 8.59. The summed E-state index contributed by atoms with van der Waals surface area (Å²) in [5.41, 5.74) is 1.18. The molecule has 1 fully saturated rings. The predicted octanol–water partition coefficient (Wildman–Crippen LogP) is 4.69. The van der Waals surface area contributed by atoms with Gasteiger partial charge in [0, 0.05) is 18.5 Å². The largest absolute Gasteiger partial charge is 0.360 e. The molecule has 1 atom stereocenters. The Kier molecular flexibility index (Phi) is 4.97. The number of amides is 1. The number of carbonyl (C=O) groups is 1. The summed E-state index contributed by atoms with van der Waals surface area (Å²) >= 11 is 0. The molecule has 1 aliphatic heterocycles. The van der Waals surface area contributed by atoms with Crippen molar-refractivity contribution in [2.24, 2.45) is 0 Å². The molecule has 1 saturated heterocycles. The fourth-order valence-corrected chi connectivity index (χ4v) is 3.22. The van der Waals surface area contributed by atoms with Crippen LogP contribution in [0.15, 0.2) is 34.9 Å². The van der Waals surface area contributed by atoms with Gasteiger partial charge < -0.3 is 9.42 Å². The molecule has 3 rings (SSSR count). The zero-order valence-corrected chi connectivity index (χ0v) is 14.2. The number of hydrogen-bond donors (Lipinski definition) is 0. The van der Waals surface area contributed by atoms with Crippen LogP contribution in [0.5, 0.6) is 0 Å². The third-order valence-electron chi connectivity index (χ3n) is 4.56. The molecule has 128 valence electrons. The average Bonchev–Trinajstić information content (AvgIpc) is 2.93. The molecule has 1 amide bonds. The Morgan fingerprint density at radius 2 is 2.12 bits per heavy atom. The van der Waals surface area contributed by atoms with Crippen LogP contribution in [0.3, 0.4) is 0 Å². The maximum absolute atomic E-state index is 13.6. The van der Waals surface area contributed by atoms with E-state index < -0.39 is 0 Å². The van der Waals surface area contributed by atoms with Gasteiger partial charge in [-0.1, -0.05) is 44.0 Å². The molecule has 1 aliphatic rings. The quantitative estimate of drug-likeness (QED) is 0.820. The third kappa shape index (κ3) is 3.50. The number of likely N-dealkylation sites (tertiary alicyclic amines) is 1. The lowest BCUT2D eigenvalue weighted by Gasteiger charge is -2.29. The highest BCUT2D eigenvalue weighted by molar-refractivity contribution is 5.92. The number of carbonyl (C=O) groups excluding carboxylic acids is 1. The molecule has 1 unspecified atom stereocenters. The Bertz CT molecular complexity index is 711. The van der Waals surface area contributed by atoms with Crippen LogP contribution < -0.4 is 0 Å². The van der Waals surface area contributed by atoms with Crippen molar-refractivity contribution < 1.29 is 13.7 Å². The molecule has 5 heteroatoms. The number of benzene rings is 1. The van der Waals surface area contributed by atoms with E-state index in [4.69, 9.17) is 4.52 Å². The minimum absolute atomic E-state index is 0.116. The summed E-state index contributed by atoms with van der Waals surface area (Å²) in [6, 6.07) is 8.15. The highest BCUT2D eigenvalue weighted by Crippen LogP contribution is 2.32. The summed E-state index contributed by atoms with van der Waals surface area (Å²) in [7, 11) is 0. The van der Waals surface area contributed by atoms with Crippen LogP contribution in [-0.4, -0.2) is 22.5 Å². The molecule has 0 saturated carbocycles. The van der Waals surface area contributed by atoms with Crippen molar-refractivity contribution in [3.8, 4) is 0 Å². The van der Waals surface area contributed by atoms with Crippen LogP contribution in [0.2, 0.25) is 0 Å². The monoisotopic (exact) mass is 330 g/mol. The van der Waals surface area contributed by atoms with Gasteiger partial charge in [-0.05, 0) is 30.5 Å². The van der Waals surface area contributed by atoms with Gasteiger partial charge in [-0.2, -0.15) is 0 Å². The van der Waals surface area contributed by atoms with Crippen molar-refractivity contribution in [3.63, 3.8) is 0 Å². The average molecular weight is 330 g/mol. The van der Waals surface area contributed by atoms with Crippen LogP contribution >= 0.6 is 0 Å². The van der Waals surface area contributed by atoms with E-state index in [-0.39, 0.29) is 23.7 Å². The van der Waals surface area contributed by atoms with E-state index >= 15 is 0 Å². The topological polar surface area (TPSA) is 46.3 Å². The minimum atomic E-state index is -0.271. The van der Waals surface area contributed by atoms with Gasteiger partial charge in [0.25, 0.3) is 5.91 Å². The molecule has 0 bridgehead atoms. The predicted molar refractivity (Wildman–Crippen MR) is 89.2 cm³/mol.